The molecule has 1 aromatic heterocycles. The van der Waals surface area contributed by atoms with Crippen molar-refractivity contribution in [3.05, 3.63) is 11.1 Å². The molecule has 5 nitrogen and oxygen atoms in total. The van der Waals surface area contributed by atoms with E-state index in [4.69, 9.17) is 9.84 Å². The summed E-state index contributed by atoms with van der Waals surface area (Å²) in [5.74, 6) is -0.925. The third-order valence-electron chi connectivity index (χ3n) is 2.53. The van der Waals surface area contributed by atoms with Crippen LogP contribution < -0.4 is 5.32 Å². The highest BCUT2D eigenvalue weighted by atomic mass is 32.1. The fourth-order valence-electron chi connectivity index (χ4n) is 1.74. The number of carbonyl (C=O) groups is 1. The van der Waals surface area contributed by atoms with E-state index in [1.807, 2.05) is 6.92 Å². The van der Waals surface area contributed by atoms with Crippen molar-refractivity contribution in [1.29, 1.82) is 0 Å². The van der Waals surface area contributed by atoms with Gasteiger partial charge in [0.2, 0.25) is 0 Å². The molecule has 1 aliphatic heterocycles. The normalized spacial score (nSPS) is 25.3. The van der Waals surface area contributed by atoms with Crippen LogP contribution in [0.15, 0.2) is 6.20 Å². The fraction of sp³-hybridized carbons (Fsp3) is 0.600. The molecule has 0 radical (unpaired) electrons. The molecule has 2 heterocycles. The van der Waals surface area contributed by atoms with E-state index in [2.05, 4.69) is 10.3 Å². The quantitative estimate of drug-likeness (QED) is 0.846. The predicted octanol–water partition coefficient (Wildman–Crippen LogP) is 1.82. The number of hydrogen-bond acceptors (Lipinski definition) is 5. The number of aromatic carboxylic acids is 1. The van der Waals surface area contributed by atoms with Crippen molar-refractivity contribution in [1.82, 2.24) is 4.98 Å². The minimum absolute atomic E-state index is 0.255. The van der Waals surface area contributed by atoms with Crippen molar-refractivity contribution in [3.63, 3.8) is 0 Å². The largest absolute Gasteiger partial charge is 0.477 e. The number of nitrogens with zero attached hydrogens (tertiary/aromatic N) is 1. The molecule has 2 rings (SSSR count). The number of rotatable bonds is 3. The Morgan fingerprint density at radius 1 is 1.75 bits per heavy atom. The highest BCUT2D eigenvalue weighted by Crippen LogP contribution is 2.22. The Balaban J connectivity index is 1.95. The molecular formula is C10H14N2O3S. The van der Waals surface area contributed by atoms with Crippen molar-refractivity contribution in [3.8, 4) is 0 Å². The van der Waals surface area contributed by atoms with Crippen LogP contribution >= 0.6 is 11.3 Å². The molecule has 1 aliphatic rings. The zero-order chi connectivity index (χ0) is 11.5. The Labute approximate surface area is 97.5 Å². The summed E-state index contributed by atoms with van der Waals surface area (Å²) in [7, 11) is 0. The molecule has 1 aromatic rings. The standard InChI is InChI=1S/C10H14N2O3S/c1-6-4-7(2-3-15-6)12-10-11-5-8(16-10)9(13)14/h5-7H,2-4H2,1H3,(H,11,12)(H,13,14). The minimum atomic E-state index is -0.925. The van der Waals surface area contributed by atoms with Gasteiger partial charge in [-0.15, -0.1) is 0 Å². The van der Waals surface area contributed by atoms with Crippen molar-refractivity contribution in [2.75, 3.05) is 11.9 Å². The van der Waals surface area contributed by atoms with Gasteiger partial charge in [-0.1, -0.05) is 11.3 Å². The molecule has 2 unspecified atom stereocenters. The summed E-state index contributed by atoms with van der Waals surface area (Å²) >= 11 is 1.17. The van der Waals surface area contributed by atoms with Gasteiger partial charge in [-0.25, -0.2) is 9.78 Å². The molecule has 2 N–H and O–H groups in total. The van der Waals surface area contributed by atoms with Gasteiger partial charge >= 0.3 is 5.97 Å². The molecule has 0 spiro atoms. The molecule has 88 valence electrons. The first-order valence-corrected chi connectivity index (χ1v) is 6.04. The van der Waals surface area contributed by atoms with Crippen LogP contribution in [0, 0.1) is 0 Å². The topological polar surface area (TPSA) is 71.5 Å². The molecule has 0 aromatic carbocycles. The smallest absolute Gasteiger partial charge is 0.347 e. The maximum Gasteiger partial charge on any atom is 0.347 e. The first kappa shape index (κ1) is 11.3. The van der Waals surface area contributed by atoms with E-state index >= 15 is 0 Å². The first-order chi connectivity index (χ1) is 7.65. The summed E-state index contributed by atoms with van der Waals surface area (Å²) in [5.41, 5.74) is 0. The Bertz CT molecular complexity index is 380. The fourth-order valence-corrected chi connectivity index (χ4v) is 2.48. The number of nitrogens with one attached hydrogen (secondary N) is 1. The lowest BCUT2D eigenvalue weighted by Gasteiger charge is -2.27. The SMILES string of the molecule is CC1CC(Nc2ncc(C(=O)O)s2)CCO1. The summed E-state index contributed by atoms with van der Waals surface area (Å²) < 4.78 is 5.44. The Kier molecular flexibility index (Phi) is 3.40. The molecular weight excluding hydrogens is 228 g/mol. The average molecular weight is 242 g/mol. The van der Waals surface area contributed by atoms with E-state index in [-0.39, 0.29) is 11.0 Å². The molecule has 0 saturated carbocycles. The summed E-state index contributed by atoms with van der Waals surface area (Å²) in [6, 6.07) is 0.330. The molecule has 0 aliphatic carbocycles. The number of carboxylic acids is 1. The zero-order valence-electron chi connectivity index (χ0n) is 8.97. The van der Waals surface area contributed by atoms with Crippen molar-refractivity contribution < 1.29 is 14.6 Å². The molecule has 2 atom stereocenters. The maximum absolute atomic E-state index is 10.7. The van der Waals surface area contributed by atoms with Crippen molar-refractivity contribution >= 4 is 22.4 Å². The number of ether oxygens (including phenoxy) is 1. The Hall–Kier alpha value is -1.14. The van der Waals surface area contributed by atoms with Gasteiger partial charge < -0.3 is 15.2 Å². The average Bonchev–Trinajstić information content (AvgIpc) is 2.66. The molecule has 0 amide bonds. The second kappa shape index (κ2) is 4.80. The minimum Gasteiger partial charge on any atom is -0.477 e. The molecule has 1 saturated heterocycles. The number of thiazole rings is 1. The van der Waals surface area contributed by atoms with Crippen molar-refractivity contribution in [2.45, 2.75) is 31.9 Å². The van der Waals surface area contributed by atoms with Gasteiger partial charge in [0.1, 0.15) is 4.88 Å². The lowest BCUT2D eigenvalue weighted by molar-refractivity contribution is 0.0232. The highest BCUT2D eigenvalue weighted by molar-refractivity contribution is 7.17. The molecule has 16 heavy (non-hydrogen) atoms. The Morgan fingerprint density at radius 3 is 3.19 bits per heavy atom. The monoisotopic (exact) mass is 242 g/mol. The van der Waals surface area contributed by atoms with Crippen LogP contribution in [0.1, 0.15) is 29.4 Å². The van der Waals surface area contributed by atoms with Crippen LogP contribution in [0.5, 0.6) is 0 Å². The van der Waals surface area contributed by atoms with Gasteiger partial charge in [0.05, 0.1) is 12.3 Å². The van der Waals surface area contributed by atoms with Gasteiger partial charge in [0.25, 0.3) is 0 Å². The lowest BCUT2D eigenvalue weighted by Crippen LogP contribution is -2.32. The summed E-state index contributed by atoms with van der Waals surface area (Å²) in [5, 5.41) is 12.7. The number of anilines is 1. The lowest BCUT2D eigenvalue weighted by atomic mass is 10.1. The van der Waals surface area contributed by atoms with Crippen LogP contribution in [-0.4, -0.2) is 34.8 Å². The summed E-state index contributed by atoms with van der Waals surface area (Å²) in [6.07, 6.45) is 3.51. The first-order valence-electron chi connectivity index (χ1n) is 5.22. The zero-order valence-corrected chi connectivity index (χ0v) is 9.79. The van der Waals surface area contributed by atoms with Crippen LogP contribution in [0.25, 0.3) is 0 Å². The number of carboxylic acid groups (broad SMARTS) is 1. The maximum atomic E-state index is 10.7. The highest BCUT2D eigenvalue weighted by Gasteiger charge is 2.20. The number of hydrogen-bond donors (Lipinski definition) is 2. The van der Waals surface area contributed by atoms with Gasteiger partial charge in [0.15, 0.2) is 5.13 Å². The van der Waals surface area contributed by atoms with E-state index < -0.39 is 5.97 Å². The summed E-state index contributed by atoms with van der Waals surface area (Å²) in [6.45, 7) is 2.79. The van der Waals surface area contributed by atoms with Crippen molar-refractivity contribution in [2.24, 2.45) is 0 Å². The van der Waals surface area contributed by atoms with Crippen LogP contribution in [0.4, 0.5) is 5.13 Å². The van der Waals surface area contributed by atoms with E-state index in [9.17, 15) is 4.79 Å². The van der Waals surface area contributed by atoms with Crippen LogP contribution in [0.3, 0.4) is 0 Å². The van der Waals surface area contributed by atoms with Gasteiger partial charge in [-0.2, -0.15) is 0 Å². The van der Waals surface area contributed by atoms with E-state index in [0.29, 0.717) is 11.2 Å². The van der Waals surface area contributed by atoms with Crippen LogP contribution in [-0.2, 0) is 4.74 Å². The molecule has 6 heteroatoms. The molecule has 1 fully saturated rings. The Morgan fingerprint density at radius 2 is 2.56 bits per heavy atom. The van der Waals surface area contributed by atoms with Crippen LogP contribution in [0.2, 0.25) is 0 Å². The number of aromatic nitrogens is 1. The third-order valence-corrected chi connectivity index (χ3v) is 3.45. The second-order valence-electron chi connectivity index (χ2n) is 3.88. The molecule has 0 bridgehead atoms. The van der Waals surface area contributed by atoms with E-state index in [0.717, 1.165) is 19.4 Å². The predicted molar refractivity (Wildman–Crippen MR) is 61.1 cm³/mol. The van der Waals surface area contributed by atoms with E-state index in [1.54, 1.807) is 0 Å². The summed E-state index contributed by atoms with van der Waals surface area (Å²) in [4.78, 5) is 15.0. The van der Waals surface area contributed by atoms with Gasteiger partial charge in [-0.3, -0.25) is 0 Å². The van der Waals surface area contributed by atoms with Gasteiger partial charge in [0, 0.05) is 12.6 Å². The third kappa shape index (κ3) is 2.70. The van der Waals surface area contributed by atoms with E-state index in [1.165, 1.54) is 17.5 Å². The van der Waals surface area contributed by atoms with Gasteiger partial charge in [-0.05, 0) is 19.8 Å². The second-order valence-corrected chi connectivity index (χ2v) is 4.91.